The summed E-state index contributed by atoms with van der Waals surface area (Å²) < 4.78 is 0.639. The van der Waals surface area contributed by atoms with Crippen molar-refractivity contribution in [1.82, 2.24) is 4.98 Å². The lowest BCUT2D eigenvalue weighted by Gasteiger charge is -2.00. The summed E-state index contributed by atoms with van der Waals surface area (Å²) in [5.74, 6) is 0.218. The van der Waals surface area contributed by atoms with E-state index in [-0.39, 0.29) is 11.6 Å². The molecule has 0 fully saturated rings. The zero-order valence-corrected chi connectivity index (χ0v) is 7.01. The van der Waals surface area contributed by atoms with Crippen LogP contribution in [0.2, 0.25) is 0 Å². The van der Waals surface area contributed by atoms with Gasteiger partial charge in [0.15, 0.2) is 11.6 Å². The highest BCUT2D eigenvalue weighted by molar-refractivity contribution is 9.10. The van der Waals surface area contributed by atoms with Crippen molar-refractivity contribution in [2.24, 2.45) is 0 Å². The van der Waals surface area contributed by atoms with Gasteiger partial charge in [0.25, 0.3) is 0 Å². The minimum atomic E-state index is 0.0585. The van der Waals surface area contributed by atoms with Crippen molar-refractivity contribution in [3.63, 3.8) is 0 Å². The number of halogens is 1. The molecule has 0 unspecified atom stereocenters. The van der Waals surface area contributed by atoms with Gasteiger partial charge in [0.05, 0.1) is 0 Å². The molecule has 3 N–H and O–H groups in total. The highest BCUT2D eigenvalue weighted by Gasteiger charge is 2.02. The Morgan fingerprint density at radius 3 is 2.80 bits per heavy atom. The van der Waals surface area contributed by atoms with Gasteiger partial charge in [-0.1, -0.05) is 0 Å². The van der Waals surface area contributed by atoms with E-state index in [4.69, 9.17) is 10.8 Å². The van der Waals surface area contributed by atoms with Crippen LogP contribution < -0.4 is 5.73 Å². The first-order chi connectivity index (χ1) is 4.61. The molecule has 0 bridgehead atoms. The highest BCUT2D eigenvalue weighted by Crippen LogP contribution is 2.24. The summed E-state index contributed by atoms with van der Waals surface area (Å²) in [6.45, 7) is 1.76. The zero-order valence-electron chi connectivity index (χ0n) is 5.43. The molecule has 1 heterocycles. The molecule has 0 aliphatic carbocycles. The number of rotatable bonds is 0. The number of nitrogens with two attached hydrogens (primary N) is 1. The van der Waals surface area contributed by atoms with E-state index in [0.29, 0.717) is 4.60 Å². The number of aryl methyl sites for hydroxylation is 1. The second-order valence-electron chi connectivity index (χ2n) is 2.00. The third-order valence-corrected chi connectivity index (χ3v) is 1.59. The molecule has 0 amide bonds. The van der Waals surface area contributed by atoms with Gasteiger partial charge in [0.2, 0.25) is 0 Å². The summed E-state index contributed by atoms with van der Waals surface area (Å²) in [7, 11) is 0. The predicted octanol–water partition coefficient (Wildman–Crippen LogP) is 1.44. The number of nitrogens with zero attached hydrogens (tertiary/aromatic N) is 1. The van der Waals surface area contributed by atoms with Crippen LogP contribution in [0.5, 0.6) is 5.75 Å². The molecule has 0 aliphatic rings. The Kier molecular flexibility index (Phi) is 1.80. The molecule has 10 heavy (non-hydrogen) atoms. The van der Waals surface area contributed by atoms with Crippen molar-refractivity contribution in [2.75, 3.05) is 5.73 Å². The molecular weight excluding hydrogens is 196 g/mol. The Hall–Kier alpha value is -0.770. The van der Waals surface area contributed by atoms with Crippen LogP contribution in [0, 0.1) is 6.92 Å². The van der Waals surface area contributed by atoms with Gasteiger partial charge in [-0.25, -0.2) is 4.98 Å². The predicted molar refractivity (Wildman–Crippen MR) is 42.8 cm³/mol. The lowest BCUT2D eigenvalue weighted by molar-refractivity contribution is 0.471. The maximum Gasteiger partial charge on any atom is 0.167 e. The van der Waals surface area contributed by atoms with Crippen molar-refractivity contribution in [1.29, 1.82) is 0 Å². The smallest absolute Gasteiger partial charge is 0.167 e. The Labute approximate surface area is 67.0 Å². The normalized spacial score (nSPS) is 9.80. The fraction of sp³-hybridized carbons (Fsp3) is 0.167. The standard InChI is InChI=1S/C6H7BrN2O/c1-3-2-4(7)9-6(8)5(3)10/h2,10H,1H3,(H2,8,9). The van der Waals surface area contributed by atoms with Crippen molar-refractivity contribution < 1.29 is 5.11 Å². The molecule has 54 valence electrons. The summed E-state index contributed by atoms with van der Waals surface area (Å²) in [6, 6.07) is 1.70. The zero-order chi connectivity index (χ0) is 7.72. The number of anilines is 1. The van der Waals surface area contributed by atoms with Gasteiger partial charge in [-0.3, -0.25) is 0 Å². The van der Waals surface area contributed by atoms with Crippen LogP contribution in [0.4, 0.5) is 5.82 Å². The SMILES string of the molecule is Cc1cc(Br)nc(N)c1O. The van der Waals surface area contributed by atoms with Crippen LogP contribution in [-0.4, -0.2) is 10.1 Å². The Morgan fingerprint density at radius 1 is 1.70 bits per heavy atom. The maximum atomic E-state index is 9.12. The summed E-state index contributed by atoms with van der Waals surface area (Å²) >= 11 is 3.14. The number of nitrogen functional groups attached to an aromatic ring is 1. The van der Waals surface area contributed by atoms with Crippen LogP contribution >= 0.6 is 15.9 Å². The van der Waals surface area contributed by atoms with Gasteiger partial charge < -0.3 is 10.8 Å². The molecule has 0 saturated heterocycles. The molecule has 1 aromatic heterocycles. The molecule has 0 spiro atoms. The topological polar surface area (TPSA) is 59.1 Å². The summed E-state index contributed by atoms with van der Waals surface area (Å²) in [6.07, 6.45) is 0. The van der Waals surface area contributed by atoms with Crippen LogP contribution in [0.1, 0.15) is 5.56 Å². The number of aromatic nitrogens is 1. The van der Waals surface area contributed by atoms with Crippen LogP contribution in [-0.2, 0) is 0 Å². The van der Waals surface area contributed by atoms with E-state index < -0.39 is 0 Å². The van der Waals surface area contributed by atoms with E-state index in [2.05, 4.69) is 20.9 Å². The number of aromatic hydroxyl groups is 1. The Balaban J connectivity index is 3.31. The van der Waals surface area contributed by atoms with E-state index in [0.717, 1.165) is 5.56 Å². The van der Waals surface area contributed by atoms with Gasteiger partial charge in [0, 0.05) is 0 Å². The Bertz CT molecular complexity index is 239. The van der Waals surface area contributed by atoms with Crippen LogP contribution in [0.3, 0.4) is 0 Å². The minimum Gasteiger partial charge on any atom is -0.504 e. The molecule has 1 aromatic rings. The van der Waals surface area contributed by atoms with E-state index in [1.807, 2.05) is 0 Å². The third kappa shape index (κ3) is 1.21. The molecule has 0 aliphatic heterocycles. The first-order valence-corrected chi connectivity index (χ1v) is 3.52. The fourth-order valence-corrected chi connectivity index (χ4v) is 1.18. The van der Waals surface area contributed by atoms with Gasteiger partial charge in [-0.05, 0) is 34.5 Å². The molecule has 1 rings (SSSR count). The first kappa shape index (κ1) is 7.34. The molecule has 4 heteroatoms. The minimum absolute atomic E-state index is 0.0585. The molecule has 0 saturated carbocycles. The quantitative estimate of drug-likeness (QED) is 0.627. The van der Waals surface area contributed by atoms with Gasteiger partial charge in [-0.2, -0.15) is 0 Å². The van der Waals surface area contributed by atoms with E-state index >= 15 is 0 Å². The maximum absolute atomic E-state index is 9.12. The van der Waals surface area contributed by atoms with Crippen LogP contribution in [0.25, 0.3) is 0 Å². The van der Waals surface area contributed by atoms with E-state index in [9.17, 15) is 0 Å². The van der Waals surface area contributed by atoms with Crippen LogP contribution in [0.15, 0.2) is 10.7 Å². The molecular formula is C6H7BrN2O. The average Bonchev–Trinajstić information content (AvgIpc) is 1.82. The molecule has 3 nitrogen and oxygen atoms in total. The first-order valence-electron chi connectivity index (χ1n) is 2.73. The van der Waals surface area contributed by atoms with Crippen molar-refractivity contribution in [3.8, 4) is 5.75 Å². The second-order valence-corrected chi connectivity index (χ2v) is 2.81. The monoisotopic (exact) mass is 202 g/mol. The number of hydrogen-bond donors (Lipinski definition) is 2. The van der Waals surface area contributed by atoms with E-state index in [1.54, 1.807) is 13.0 Å². The second kappa shape index (κ2) is 2.46. The molecule has 0 aromatic carbocycles. The average molecular weight is 203 g/mol. The highest BCUT2D eigenvalue weighted by atomic mass is 79.9. The van der Waals surface area contributed by atoms with Gasteiger partial charge in [0.1, 0.15) is 4.60 Å². The lowest BCUT2D eigenvalue weighted by Crippen LogP contribution is -1.92. The largest absolute Gasteiger partial charge is 0.504 e. The van der Waals surface area contributed by atoms with Crippen molar-refractivity contribution in [3.05, 3.63) is 16.2 Å². The molecule has 0 radical (unpaired) electrons. The summed E-state index contributed by atoms with van der Waals surface area (Å²) in [5.41, 5.74) is 6.05. The van der Waals surface area contributed by atoms with Gasteiger partial charge >= 0.3 is 0 Å². The Morgan fingerprint density at radius 2 is 2.30 bits per heavy atom. The fourth-order valence-electron chi connectivity index (χ4n) is 0.649. The van der Waals surface area contributed by atoms with E-state index in [1.165, 1.54) is 0 Å². The third-order valence-electron chi connectivity index (χ3n) is 1.18. The van der Waals surface area contributed by atoms with Crippen molar-refractivity contribution in [2.45, 2.75) is 6.92 Å². The molecule has 0 atom stereocenters. The number of pyridine rings is 1. The lowest BCUT2D eigenvalue weighted by atomic mass is 10.3. The van der Waals surface area contributed by atoms with Gasteiger partial charge in [-0.15, -0.1) is 0 Å². The van der Waals surface area contributed by atoms with Crippen molar-refractivity contribution >= 4 is 21.7 Å². The summed E-state index contributed by atoms with van der Waals surface area (Å²) in [4.78, 5) is 3.78. The summed E-state index contributed by atoms with van der Waals surface area (Å²) in [5, 5.41) is 9.12. The number of hydrogen-bond acceptors (Lipinski definition) is 3.